The standard InChI is InChI=1S/C17H30N2O5/c1-11(2)8-14-13(6-5-7-23-14)18-17(21)19-9-12(3)24-15(10-19)16(20)22-4/h11-15H,5-10H2,1-4H3,(H,18,21)/t12-,13-,14+,15-/m1/s1. The Balaban J connectivity index is 1.95. The maximum atomic E-state index is 12.7. The SMILES string of the molecule is COC(=O)[C@H]1CN(C(=O)N[C@@H]2CCCO[C@H]2CC(C)C)C[C@@H](C)O1. The lowest BCUT2D eigenvalue weighted by Gasteiger charge is -2.38. The summed E-state index contributed by atoms with van der Waals surface area (Å²) in [5.41, 5.74) is 0. The lowest BCUT2D eigenvalue weighted by molar-refractivity contribution is -0.164. The lowest BCUT2D eigenvalue weighted by Crippen LogP contribution is -2.58. The molecule has 2 rings (SSSR count). The van der Waals surface area contributed by atoms with E-state index in [9.17, 15) is 9.59 Å². The lowest BCUT2D eigenvalue weighted by atomic mass is 9.95. The van der Waals surface area contributed by atoms with Crippen molar-refractivity contribution in [3.05, 3.63) is 0 Å². The van der Waals surface area contributed by atoms with Gasteiger partial charge in [-0.2, -0.15) is 0 Å². The predicted octanol–water partition coefficient (Wildman–Crippen LogP) is 1.55. The van der Waals surface area contributed by atoms with E-state index in [1.54, 1.807) is 4.90 Å². The normalized spacial score (nSPS) is 31.0. The number of urea groups is 1. The van der Waals surface area contributed by atoms with Crippen LogP contribution in [-0.2, 0) is 19.0 Å². The highest BCUT2D eigenvalue weighted by Crippen LogP contribution is 2.21. The fourth-order valence-electron chi connectivity index (χ4n) is 3.33. The number of hydrogen-bond donors (Lipinski definition) is 1. The van der Waals surface area contributed by atoms with Crippen molar-refractivity contribution in [3.63, 3.8) is 0 Å². The highest BCUT2D eigenvalue weighted by molar-refractivity contribution is 5.78. The number of amides is 2. The minimum Gasteiger partial charge on any atom is -0.467 e. The van der Waals surface area contributed by atoms with Gasteiger partial charge in [0.1, 0.15) is 0 Å². The number of carbonyl (C=O) groups excluding carboxylic acids is 2. The average Bonchev–Trinajstić information content (AvgIpc) is 2.54. The molecule has 2 fully saturated rings. The number of methoxy groups -OCH3 is 1. The van der Waals surface area contributed by atoms with Crippen LogP contribution in [-0.4, -0.2) is 68.1 Å². The Hall–Kier alpha value is -1.34. The van der Waals surface area contributed by atoms with Gasteiger partial charge >= 0.3 is 12.0 Å². The molecule has 24 heavy (non-hydrogen) atoms. The van der Waals surface area contributed by atoms with Gasteiger partial charge in [-0.3, -0.25) is 0 Å². The third kappa shape index (κ3) is 5.08. The molecule has 2 heterocycles. The molecule has 138 valence electrons. The molecule has 7 heteroatoms. The minimum atomic E-state index is -0.724. The minimum absolute atomic E-state index is 0.0170. The quantitative estimate of drug-likeness (QED) is 0.785. The summed E-state index contributed by atoms with van der Waals surface area (Å²) < 4.78 is 16.2. The van der Waals surface area contributed by atoms with Gasteiger partial charge in [0, 0.05) is 13.2 Å². The van der Waals surface area contributed by atoms with E-state index in [-0.39, 0.29) is 30.8 Å². The van der Waals surface area contributed by atoms with Crippen LogP contribution in [0.3, 0.4) is 0 Å². The highest BCUT2D eigenvalue weighted by atomic mass is 16.6. The molecular weight excluding hydrogens is 312 g/mol. The van der Waals surface area contributed by atoms with E-state index in [1.807, 2.05) is 6.92 Å². The van der Waals surface area contributed by atoms with E-state index < -0.39 is 12.1 Å². The van der Waals surface area contributed by atoms with Gasteiger partial charge in [-0.05, 0) is 32.1 Å². The zero-order valence-electron chi connectivity index (χ0n) is 15.1. The van der Waals surface area contributed by atoms with Crippen LogP contribution in [0.15, 0.2) is 0 Å². The van der Waals surface area contributed by atoms with E-state index in [4.69, 9.17) is 14.2 Å². The van der Waals surface area contributed by atoms with E-state index in [2.05, 4.69) is 19.2 Å². The smallest absolute Gasteiger partial charge is 0.336 e. The second-order valence-electron chi connectivity index (χ2n) is 7.10. The third-order valence-electron chi connectivity index (χ3n) is 4.46. The molecule has 0 radical (unpaired) electrons. The van der Waals surface area contributed by atoms with Gasteiger partial charge in [0.25, 0.3) is 0 Å². The highest BCUT2D eigenvalue weighted by Gasteiger charge is 2.35. The van der Waals surface area contributed by atoms with Gasteiger partial charge in [0.15, 0.2) is 6.10 Å². The molecule has 2 aliphatic rings. The second kappa shape index (κ2) is 8.67. The summed E-state index contributed by atoms with van der Waals surface area (Å²) in [6.07, 6.45) is 1.92. The zero-order chi connectivity index (χ0) is 17.7. The van der Waals surface area contributed by atoms with Gasteiger partial charge in [-0.15, -0.1) is 0 Å². The van der Waals surface area contributed by atoms with Crippen LogP contribution < -0.4 is 5.32 Å². The Labute approximate surface area is 144 Å². The molecule has 0 spiro atoms. The van der Waals surface area contributed by atoms with Crippen molar-refractivity contribution < 1.29 is 23.8 Å². The van der Waals surface area contributed by atoms with Crippen molar-refractivity contribution in [1.29, 1.82) is 0 Å². The van der Waals surface area contributed by atoms with Crippen LogP contribution in [0.1, 0.15) is 40.0 Å². The second-order valence-corrected chi connectivity index (χ2v) is 7.10. The van der Waals surface area contributed by atoms with E-state index in [0.29, 0.717) is 12.5 Å². The van der Waals surface area contributed by atoms with Gasteiger partial charge in [-0.25, -0.2) is 9.59 Å². The van der Waals surface area contributed by atoms with Crippen LogP contribution in [0, 0.1) is 5.92 Å². The fraction of sp³-hybridized carbons (Fsp3) is 0.882. The van der Waals surface area contributed by atoms with Crippen LogP contribution >= 0.6 is 0 Å². The first-order chi connectivity index (χ1) is 11.4. The summed E-state index contributed by atoms with van der Waals surface area (Å²) in [4.78, 5) is 26.0. The number of ether oxygens (including phenoxy) is 3. The predicted molar refractivity (Wildman–Crippen MR) is 88.7 cm³/mol. The van der Waals surface area contributed by atoms with Crippen LogP contribution in [0.4, 0.5) is 4.79 Å². The maximum absolute atomic E-state index is 12.7. The van der Waals surface area contributed by atoms with Crippen molar-refractivity contribution in [3.8, 4) is 0 Å². The summed E-state index contributed by atoms with van der Waals surface area (Å²) in [5, 5.41) is 3.10. The van der Waals surface area contributed by atoms with Crippen LogP contribution in [0.2, 0.25) is 0 Å². The Morgan fingerprint density at radius 1 is 1.33 bits per heavy atom. The van der Waals surface area contributed by atoms with Crippen molar-refractivity contribution >= 4 is 12.0 Å². The zero-order valence-corrected chi connectivity index (χ0v) is 15.1. The molecule has 0 aromatic carbocycles. The van der Waals surface area contributed by atoms with Crippen LogP contribution in [0.5, 0.6) is 0 Å². The first-order valence-electron chi connectivity index (χ1n) is 8.81. The molecule has 7 nitrogen and oxygen atoms in total. The number of hydrogen-bond acceptors (Lipinski definition) is 5. The summed E-state index contributed by atoms with van der Waals surface area (Å²) in [5.74, 6) is 0.0673. The topological polar surface area (TPSA) is 77.1 Å². The first-order valence-corrected chi connectivity index (χ1v) is 8.81. The maximum Gasteiger partial charge on any atom is 0.336 e. The molecule has 2 amide bonds. The molecule has 0 aliphatic carbocycles. The molecule has 4 atom stereocenters. The van der Waals surface area contributed by atoms with Gasteiger partial charge < -0.3 is 24.4 Å². The molecule has 0 unspecified atom stereocenters. The summed E-state index contributed by atoms with van der Waals surface area (Å²) in [6.45, 7) is 7.58. The molecule has 2 saturated heterocycles. The monoisotopic (exact) mass is 342 g/mol. The molecule has 2 aliphatic heterocycles. The van der Waals surface area contributed by atoms with Crippen LogP contribution in [0.25, 0.3) is 0 Å². The molecule has 0 aromatic rings. The number of esters is 1. The van der Waals surface area contributed by atoms with E-state index in [1.165, 1.54) is 7.11 Å². The molecule has 0 bridgehead atoms. The fourth-order valence-corrected chi connectivity index (χ4v) is 3.33. The number of nitrogens with one attached hydrogen (secondary N) is 1. The molecule has 1 N–H and O–H groups in total. The Morgan fingerprint density at radius 3 is 2.75 bits per heavy atom. The molecule has 0 aromatic heterocycles. The molecular formula is C17H30N2O5. The van der Waals surface area contributed by atoms with Gasteiger partial charge in [0.05, 0.1) is 31.9 Å². The number of carbonyl (C=O) groups is 2. The first kappa shape index (κ1) is 19.0. The van der Waals surface area contributed by atoms with Crippen molar-refractivity contribution in [2.24, 2.45) is 5.92 Å². The summed E-state index contributed by atoms with van der Waals surface area (Å²) in [7, 11) is 1.32. The van der Waals surface area contributed by atoms with E-state index in [0.717, 1.165) is 25.9 Å². The third-order valence-corrected chi connectivity index (χ3v) is 4.46. The molecule has 0 saturated carbocycles. The largest absolute Gasteiger partial charge is 0.467 e. The summed E-state index contributed by atoms with van der Waals surface area (Å²) in [6, 6.07) is -0.147. The average molecular weight is 342 g/mol. The summed E-state index contributed by atoms with van der Waals surface area (Å²) >= 11 is 0. The Kier molecular flexibility index (Phi) is 6.86. The van der Waals surface area contributed by atoms with Crippen molar-refractivity contribution in [2.75, 3.05) is 26.8 Å². The number of nitrogens with zero attached hydrogens (tertiary/aromatic N) is 1. The van der Waals surface area contributed by atoms with Gasteiger partial charge in [0.2, 0.25) is 0 Å². The Morgan fingerprint density at radius 2 is 2.08 bits per heavy atom. The Bertz CT molecular complexity index is 443. The van der Waals surface area contributed by atoms with E-state index >= 15 is 0 Å². The van der Waals surface area contributed by atoms with Crippen molar-refractivity contribution in [2.45, 2.75) is 64.4 Å². The van der Waals surface area contributed by atoms with Gasteiger partial charge in [-0.1, -0.05) is 13.8 Å². The number of morpholine rings is 1. The van der Waals surface area contributed by atoms with Crippen molar-refractivity contribution in [1.82, 2.24) is 10.2 Å². The number of rotatable bonds is 4.